The summed E-state index contributed by atoms with van der Waals surface area (Å²) in [6, 6.07) is -0.105. The van der Waals surface area contributed by atoms with Gasteiger partial charge in [-0.1, -0.05) is 0 Å². The highest BCUT2D eigenvalue weighted by Crippen LogP contribution is 2.18. The molecular weight excluding hydrogens is 334 g/mol. The van der Waals surface area contributed by atoms with Crippen molar-refractivity contribution in [3.8, 4) is 0 Å². The average Bonchev–Trinajstić information content (AvgIpc) is 2.57. The molecule has 0 amide bonds. The van der Waals surface area contributed by atoms with Crippen LogP contribution in [0.5, 0.6) is 0 Å². The molecular formula is C15H31NO7Si. The van der Waals surface area contributed by atoms with Gasteiger partial charge in [-0.25, -0.2) is 0 Å². The lowest BCUT2D eigenvalue weighted by Crippen LogP contribution is -2.47. The SMILES string of the molecule is CCO[Si](CCCNC(CC(=O)OC)C(=O)OC)(OCC)OCC. The van der Waals surface area contributed by atoms with Crippen molar-refractivity contribution >= 4 is 20.7 Å². The standard InChI is InChI=1S/C15H31NO7Si/c1-6-21-24(22-7-2,23-8-3)11-9-10-16-13(15(18)20-5)12-14(17)19-4/h13,16H,6-12H2,1-5H3. The van der Waals surface area contributed by atoms with Crippen LogP contribution in [0.3, 0.4) is 0 Å². The molecule has 0 saturated heterocycles. The molecule has 0 heterocycles. The van der Waals surface area contributed by atoms with Gasteiger partial charge in [-0.2, -0.15) is 0 Å². The van der Waals surface area contributed by atoms with Crippen LogP contribution in [0.25, 0.3) is 0 Å². The molecule has 1 unspecified atom stereocenters. The zero-order valence-electron chi connectivity index (χ0n) is 15.4. The lowest BCUT2D eigenvalue weighted by Gasteiger charge is -2.28. The van der Waals surface area contributed by atoms with Crippen LogP contribution in [0.15, 0.2) is 0 Å². The molecule has 142 valence electrons. The summed E-state index contributed by atoms with van der Waals surface area (Å²) < 4.78 is 26.6. The molecule has 0 rings (SSSR count). The van der Waals surface area contributed by atoms with Gasteiger partial charge in [0.15, 0.2) is 0 Å². The largest absolute Gasteiger partial charge is 0.500 e. The number of nitrogens with one attached hydrogen (secondary N) is 1. The van der Waals surface area contributed by atoms with Crippen molar-refractivity contribution in [2.45, 2.75) is 45.7 Å². The molecule has 0 aliphatic rings. The fourth-order valence-electron chi connectivity index (χ4n) is 2.21. The second kappa shape index (κ2) is 13.3. The van der Waals surface area contributed by atoms with Crippen molar-refractivity contribution in [3.63, 3.8) is 0 Å². The van der Waals surface area contributed by atoms with E-state index in [-0.39, 0.29) is 6.42 Å². The first-order valence-corrected chi connectivity index (χ1v) is 10.2. The summed E-state index contributed by atoms with van der Waals surface area (Å²) in [6.07, 6.45) is 0.606. The molecule has 1 atom stereocenters. The maximum atomic E-state index is 11.7. The van der Waals surface area contributed by atoms with Crippen LogP contribution in [-0.2, 0) is 32.3 Å². The Bertz CT molecular complexity index is 351. The highest BCUT2D eigenvalue weighted by atomic mass is 28.4. The normalized spacial score (nSPS) is 12.7. The van der Waals surface area contributed by atoms with Gasteiger partial charge in [-0.3, -0.25) is 9.59 Å². The highest BCUT2D eigenvalue weighted by Gasteiger charge is 2.39. The summed E-state index contributed by atoms with van der Waals surface area (Å²) in [5, 5.41) is 3.01. The minimum absolute atomic E-state index is 0.0753. The van der Waals surface area contributed by atoms with E-state index in [0.29, 0.717) is 38.8 Å². The van der Waals surface area contributed by atoms with Crippen LogP contribution in [-0.4, -0.2) is 67.4 Å². The fourth-order valence-corrected chi connectivity index (χ4v) is 4.83. The first kappa shape index (κ1) is 23.0. The molecule has 24 heavy (non-hydrogen) atoms. The van der Waals surface area contributed by atoms with E-state index in [1.54, 1.807) is 0 Å². The predicted molar refractivity (Wildman–Crippen MR) is 90.5 cm³/mol. The van der Waals surface area contributed by atoms with Gasteiger partial charge in [0.2, 0.25) is 0 Å². The van der Waals surface area contributed by atoms with Gasteiger partial charge >= 0.3 is 20.7 Å². The maximum Gasteiger partial charge on any atom is 0.500 e. The lowest BCUT2D eigenvalue weighted by molar-refractivity contribution is -0.149. The lowest BCUT2D eigenvalue weighted by atomic mass is 10.2. The monoisotopic (exact) mass is 365 g/mol. The van der Waals surface area contributed by atoms with E-state index in [1.165, 1.54) is 14.2 Å². The maximum absolute atomic E-state index is 11.7. The van der Waals surface area contributed by atoms with Crippen molar-refractivity contribution in [2.75, 3.05) is 40.6 Å². The van der Waals surface area contributed by atoms with Crippen LogP contribution in [0, 0.1) is 0 Å². The molecule has 0 spiro atoms. The van der Waals surface area contributed by atoms with Crippen LogP contribution in [0.4, 0.5) is 0 Å². The van der Waals surface area contributed by atoms with Crippen LogP contribution in [0.1, 0.15) is 33.6 Å². The number of rotatable bonds is 14. The van der Waals surface area contributed by atoms with E-state index in [0.717, 1.165) is 0 Å². The Morgan fingerprint density at radius 2 is 1.50 bits per heavy atom. The van der Waals surface area contributed by atoms with Gasteiger partial charge in [0, 0.05) is 25.9 Å². The molecule has 0 saturated carbocycles. The quantitative estimate of drug-likeness (QED) is 0.278. The Hall–Kier alpha value is -1.00. The van der Waals surface area contributed by atoms with Crippen molar-refractivity contribution < 1.29 is 32.3 Å². The van der Waals surface area contributed by atoms with Crippen molar-refractivity contribution in [3.05, 3.63) is 0 Å². The van der Waals surface area contributed by atoms with Crippen LogP contribution >= 0.6 is 0 Å². The Labute approximate surface area is 145 Å². The molecule has 0 aromatic heterocycles. The third kappa shape index (κ3) is 8.74. The topological polar surface area (TPSA) is 92.3 Å². The second-order valence-electron chi connectivity index (χ2n) is 4.90. The fraction of sp³-hybridized carbons (Fsp3) is 0.867. The minimum Gasteiger partial charge on any atom is -0.469 e. The van der Waals surface area contributed by atoms with E-state index in [1.807, 2.05) is 20.8 Å². The molecule has 0 aromatic rings. The molecule has 0 radical (unpaired) electrons. The number of hydrogen-bond acceptors (Lipinski definition) is 8. The number of ether oxygens (including phenoxy) is 2. The summed E-state index contributed by atoms with van der Waals surface area (Å²) in [7, 11) is -0.126. The highest BCUT2D eigenvalue weighted by molar-refractivity contribution is 6.60. The molecule has 0 aliphatic carbocycles. The third-order valence-corrected chi connectivity index (χ3v) is 6.38. The average molecular weight is 365 g/mol. The van der Waals surface area contributed by atoms with Gasteiger partial charge in [0.05, 0.1) is 20.6 Å². The first-order chi connectivity index (χ1) is 11.5. The molecule has 1 N–H and O–H groups in total. The van der Waals surface area contributed by atoms with Crippen molar-refractivity contribution in [2.24, 2.45) is 0 Å². The summed E-state index contributed by atoms with van der Waals surface area (Å²) in [5.74, 6) is -0.970. The molecule has 8 nitrogen and oxygen atoms in total. The van der Waals surface area contributed by atoms with E-state index in [4.69, 9.17) is 18.0 Å². The number of carbonyl (C=O) groups is 2. The van der Waals surface area contributed by atoms with E-state index >= 15 is 0 Å². The summed E-state index contributed by atoms with van der Waals surface area (Å²) in [5.41, 5.74) is 0. The zero-order valence-corrected chi connectivity index (χ0v) is 16.4. The Morgan fingerprint density at radius 1 is 0.958 bits per heavy atom. The van der Waals surface area contributed by atoms with Crippen molar-refractivity contribution in [1.29, 1.82) is 0 Å². The van der Waals surface area contributed by atoms with Gasteiger partial charge in [0.1, 0.15) is 6.04 Å². The Balaban J connectivity index is 4.54. The summed E-state index contributed by atoms with van der Waals surface area (Å²) in [6.45, 7) is 7.77. The number of carbonyl (C=O) groups excluding carboxylic acids is 2. The summed E-state index contributed by atoms with van der Waals surface area (Å²) in [4.78, 5) is 23.1. The van der Waals surface area contributed by atoms with Gasteiger partial charge in [0.25, 0.3) is 0 Å². The van der Waals surface area contributed by atoms with Gasteiger partial charge in [-0.05, 0) is 33.7 Å². The van der Waals surface area contributed by atoms with E-state index < -0.39 is 26.8 Å². The smallest absolute Gasteiger partial charge is 0.469 e. The second-order valence-corrected chi connectivity index (χ2v) is 7.63. The van der Waals surface area contributed by atoms with Crippen LogP contribution < -0.4 is 5.32 Å². The van der Waals surface area contributed by atoms with E-state index in [9.17, 15) is 9.59 Å². The number of esters is 2. The van der Waals surface area contributed by atoms with Crippen molar-refractivity contribution in [1.82, 2.24) is 5.32 Å². The van der Waals surface area contributed by atoms with Gasteiger partial charge < -0.3 is 28.1 Å². The molecule has 9 heteroatoms. The van der Waals surface area contributed by atoms with E-state index in [2.05, 4.69) is 10.1 Å². The van der Waals surface area contributed by atoms with Crippen LogP contribution in [0.2, 0.25) is 6.04 Å². The zero-order chi connectivity index (χ0) is 18.4. The predicted octanol–water partition coefficient (Wildman–Crippen LogP) is 1.12. The molecule has 0 fully saturated rings. The minimum atomic E-state index is -2.69. The number of methoxy groups -OCH3 is 2. The Kier molecular flexibility index (Phi) is 12.7. The molecule has 0 aromatic carbocycles. The first-order valence-electron chi connectivity index (χ1n) is 8.28. The van der Waals surface area contributed by atoms with Gasteiger partial charge in [-0.15, -0.1) is 0 Å². The number of hydrogen-bond donors (Lipinski definition) is 1. The Morgan fingerprint density at radius 3 is 1.92 bits per heavy atom. The molecule has 0 aliphatic heterocycles. The summed E-state index contributed by atoms with van der Waals surface area (Å²) >= 11 is 0. The molecule has 0 bridgehead atoms. The third-order valence-electron chi connectivity index (χ3n) is 3.23.